The maximum atomic E-state index is 13.4. The number of hydrogen-bond donors (Lipinski definition) is 0. The SMILES string of the molecule is Cc1cc(C)c2c(=O)n(CN(Cc3ccc4c(c3)OCCO4)Cn3sc4nc(C)cc(C)c4c3=O)sc2n1. The molecule has 38 heavy (non-hydrogen) atoms. The van der Waals surface area contributed by atoms with E-state index in [1.807, 2.05) is 58.0 Å². The van der Waals surface area contributed by atoms with Crippen LogP contribution in [0.25, 0.3) is 20.4 Å². The van der Waals surface area contributed by atoms with Crippen LogP contribution < -0.4 is 20.6 Å². The summed E-state index contributed by atoms with van der Waals surface area (Å²) >= 11 is 2.70. The molecule has 0 amide bonds. The summed E-state index contributed by atoms with van der Waals surface area (Å²) in [5.74, 6) is 1.43. The average molecular weight is 550 g/mol. The molecule has 196 valence electrons. The summed E-state index contributed by atoms with van der Waals surface area (Å²) in [6.45, 7) is 9.88. The molecule has 6 rings (SSSR count). The van der Waals surface area contributed by atoms with Gasteiger partial charge in [0.25, 0.3) is 11.1 Å². The molecule has 5 heterocycles. The quantitative estimate of drug-likeness (QED) is 0.311. The van der Waals surface area contributed by atoms with Crippen LogP contribution in [0.15, 0.2) is 39.9 Å². The maximum Gasteiger partial charge on any atom is 0.271 e. The Hall–Kier alpha value is -3.54. The largest absolute Gasteiger partial charge is 0.486 e. The molecular weight excluding hydrogens is 522 g/mol. The molecule has 5 aromatic rings. The molecule has 1 aliphatic rings. The fraction of sp³-hybridized carbons (Fsp3) is 0.333. The molecule has 0 bridgehead atoms. The topological polar surface area (TPSA) is 91.5 Å². The van der Waals surface area contributed by atoms with Gasteiger partial charge in [0, 0.05) is 17.9 Å². The summed E-state index contributed by atoms with van der Waals surface area (Å²) in [4.78, 5) is 39.5. The van der Waals surface area contributed by atoms with E-state index >= 15 is 0 Å². The van der Waals surface area contributed by atoms with E-state index in [-0.39, 0.29) is 11.1 Å². The van der Waals surface area contributed by atoms with E-state index in [1.54, 1.807) is 7.91 Å². The third-order valence-corrected chi connectivity index (χ3v) is 8.51. The van der Waals surface area contributed by atoms with Crippen LogP contribution in [0.3, 0.4) is 0 Å². The second kappa shape index (κ2) is 9.64. The molecule has 4 aromatic heterocycles. The van der Waals surface area contributed by atoms with Crippen molar-refractivity contribution in [2.75, 3.05) is 13.2 Å². The van der Waals surface area contributed by atoms with Gasteiger partial charge in [0.05, 0.1) is 24.1 Å². The van der Waals surface area contributed by atoms with Gasteiger partial charge in [-0.25, -0.2) is 17.9 Å². The van der Waals surface area contributed by atoms with E-state index in [2.05, 4.69) is 14.9 Å². The monoisotopic (exact) mass is 549 g/mol. The van der Waals surface area contributed by atoms with Crippen LogP contribution in [0.4, 0.5) is 0 Å². The number of pyridine rings is 2. The van der Waals surface area contributed by atoms with Gasteiger partial charge in [0.1, 0.15) is 22.9 Å². The molecule has 0 saturated heterocycles. The Morgan fingerprint density at radius 2 is 1.32 bits per heavy atom. The van der Waals surface area contributed by atoms with Crippen molar-refractivity contribution in [3.63, 3.8) is 0 Å². The highest BCUT2D eigenvalue weighted by molar-refractivity contribution is 7.13. The average Bonchev–Trinajstić information content (AvgIpc) is 3.34. The van der Waals surface area contributed by atoms with Gasteiger partial charge in [0.15, 0.2) is 11.5 Å². The van der Waals surface area contributed by atoms with Gasteiger partial charge in [-0.1, -0.05) is 6.07 Å². The standard InChI is InChI=1S/C27H27N5O4S2/c1-15-9-17(3)28-24-22(15)26(33)31(37-24)13-30(12-19-5-6-20-21(11-19)36-8-7-35-20)14-32-27(34)23-16(2)10-18(4)29-25(23)38-32/h5-6,9-11H,7-8,12-14H2,1-4H3. The summed E-state index contributed by atoms with van der Waals surface area (Å²) in [5.41, 5.74) is 4.45. The minimum Gasteiger partial charge on any atom is -0.486 e. The summed E-state index contributed by atoms with van der Waals surface area (Å²) in [5, 5.41) is 1.29. The van der Waals surface area contributed by atoms with Crippen molar-refractivity contribution < 1.29 is 9.47 Å². The van der Waals surface area contributed by atoms with Crippen molar-refractivity contribution in [1.29, 1.82) is 0 Å². The minimum absolute atomic E-state index is 0.0704. The molecule has 9 nitrogen and oxygen atoms in total. The fourth-order valence-electron chi connectivity index (χ4n) is 4.94. The molecule has 11 heteroatoms. The van der Waals surface area contributed by atoms with Gasteiger partial charge in [-0.15, -0.1) is 0 Å². The van der Waals surface area contributed by atoms with E-state index in [0.717, 1.165) is 43.5 Å². The highest BCUT2D eigenvalue weighted by atomic mass is 32.1. The smallest absolute Gasteiger partial charge is 0.271 e. The fourth-order valence-corrected chi connectivity index (χ4v) is 7.19. The van der Waals surface area contributed by atoms with Crippen molar-refractivity contribution in [2.45, 2.75) is 47.6 Å². The van der Waals surface area contributed by atoms with Gasteiger partial charge < -0.3 is 9.47 Å². The van der Waals surface area contributed by atoms with E-state index in [4.69, 9.17) is 9.47 Å². The van der Waals surface area contributed by atoms with Crippen LogP contribution >= 0.6 is 23.1 Å². The number of fused-ring (bicyclic) bond motifs is 3. The molecule has 0 spiro atoms. The molecule has 0 unspecified atom stereocenters. The Balaban J connectivity index is 1.39. The van der Waals surface area contributed by atoms with Gasteiger partial charge >= 0.3 is 0 Å². The Labute approximate surface area is 226 Å². The Kier molecular flexibility index (Phi) is 6.29. The lowest BCUT2D eigenvalue weighted by molar-refractivity contribution is 0.164. The Morgan fingerprint density at radius 3 is 1.87 bits per heavy atom. The van der Waals surface area contributed by atoms with Crippen LogP contribution in [0.2, 0.25) is 0 Å². The van der Waals surface area contributed by atoms with Gasteiger partial charge in [-0.2, -0.15) is 0 Å². The molecule has 0 fully saturated rings. The summed E-state index contributed by atoms with van der Waals surface area (Å²) in [6, 6.07) is 9.73. The van der Waals surface area contributed by atoms with Crippen LogP contribution in [-0.4, -0.2) is 36.0 Å². The second-order valence-electron chi connectivity index (χ2n) is 9.66. The summed E-state index contributed by atoms with van der Waals surface area (Å²) in [6.07, 6.45) is 0. The minimum atomic E-state index is -0.0704. The zero-order chi connectivity index (χ0) is 26.6. The van der Waals surface area contributed by atoms with Crippen molar-refractivity contribution in [3.05, 3.63) is 79.1 Å². The number of rotatable bonds is 6. The highest BCUT2D eigenvalue weighted by Gasteiger charge is 2.20. The van der Waals surface area contributed by atoms with E-state index in [9.17, 15) is 9.59 Å². The lowest BCUT2D eigenvalue weighted by atomic mass is 10.2. The second-order valence-corrected chi connectivity index (χ2v) is 11.7. The number of nitrogens with zero attached hydrogens (tertiary/aromatic N) is 5. The van der Waals surface area contributed by atoms with Crippen LogP contribution in [-0.2, 0) is 19.9 Å². The van der Waals surface area contributed by atoms with Crippen LogP contribution in [0, 0.1) is 27.7 Å². The van der Waals surface area contributed by atoms with Crippen LogP contribution in [0.1, 0.15) is 28.1 Å². The predicted molar refractivity (Wildman–Crippen MR) is 150 cm³/mol. The maximum absolute atomic E-state index is 13.4. The first-order chi connectivity index (χ1) is 18.3. The highest BCUT2D eigenvalue weighted by Crippen LogP contribution is 2.31. The molecule has 0 atom stereocenters. The van der Waals surface area contributed by atoms with Crippen LogP contribution in [0.5, 0.6) is 11.5 Å². The predicted octanol–water partition coefficient (Wildman–Crippen LogP) is 4.35. The summed E-state index contributed by atoms with van der Waals surface area (Å²) in [7, 11) is 0. The Morgan fingerprint density at radius 1 is 0.789 bits per heavy atom. The van der Waals surface area contributed by atoms with Gasteiger partial charge in [-0.3, -0.25) is 14.5 Å². The number of ether oxygens (including phenoxy) is 2. The molecule has 0 saturated carbocycles. The number of benzene rings is 1. The first-order valence-electron chi connectivity index (χ1n) is 12.3. The zero-order valence-corrected chi connectivity index (χ0v) is 23.2. The summed E-state index contributed by atoms with van der Waals surface area (Å²) < 4.78 is 14.9. The lowest BCUT2D eigenvalue weighted by Gasteiger charge is -2.23. The molecule has 0 radical (unpaired) electrons. The first kappa shape index (κ1) is 24.8. The molecule has 1 aliphatic heterocycles. The zero-order valence-electron chi connectivity index (χ0n) is 21.6. The van der Waals surface area contributed by atoms with Crippen molar-refractivity contribution in [1.82, 2.24) is 22.8 Å². The molecular formula is C27H27N5O4S2. The van der Waals surface area contributed by atoms with E-state index < -0.39 is 0 Å². The molecule has 1 aromatic carbocycles. The molecule has 0 aliphatic carbocycles. The third-order valence-electron chi connectivity index (χ3n) is 6.57. The molecule has 0 N–H and O–H groups in total. The van der Waals surface area contributed by atoms with E-state index in [0.29, 0.717) is 49.6 Å². The first-order valence-corrected chi connectivity index (χ1v) is 13.9. The van der Waals surface area contributed by atoms with Crippen molar-refractivity contribution >= 4 is 43.5 Å². The van der Waals surface area contributed by atoms with Crippen molar-refractivity contribution in [3.8, 4) is 11.5 Å². The van der Waals surface area contributed by atoms with Gasteiger partial charge in [-0.05, 0) is 91.7 Å². The Bertz CT molecular complexity index is 1710. The normalized spacial score (nSPS) is 13.2. The van der Waals surface area contributed by atoms with Gasteiger partial charge in [0.2, 0.25) is 0 Å². The van der Waals surface area contributed by atoms with Crippen molar-refractivity contribution in [2.24, 2.45) is 0 Å². The van der Waals surface area contributed by atoms with E-state index in [1.165, 1.54) is 23.1 Å². The number of aryl methyl sites for hydroxylation is 4. The third kappa shape index (κ3) is 4.50. The lowest BCUT2D eigenvalue weighted by Crippen LogP contribution is -2.33. The number of hydrogen-bond acceptors (Lipinski definition) is 9. The number of aromatic nitrogens is 4.